The fraction of sp³-hybridized carbons (Fsp3) is 0.588. The van der Waals surface area contributed by atoms with Crippen molar-refractivity contribution in [1.82, 2.24) is 10.2 Å². The Morgan fingerprint density at radius 3 is 2.75 bits per heavy atom. The summed E-state index contributed by atoms with van der Waals surface area (Å²) in [6, 6.07) is 6.79. The first-order chi connectivity index (χ1) is 9.66. The van der Waals surface area contributed by atoms with Crippen LogP contribution in [-0.4, -0.2) is 29.9 Å². The molecule has 0 aromatic heterocycles. The minimum atomic E-state index is 0.306. The minimum Gasteiger partial charge on any atom is -0.334 e. The Kier molecular flexibility index (Phi) is 3.79. The fourth-order valence-electron chi connectivity index (χ4n) is 3.02. The molecule has 1 amide bonds. The lowest BCUT2D eigenvalue weighted by Crippen LogP contribution is -2.42. The zero-order chi connectivity index (χ0) is 14.1. The first-order valence-corrected chi connectivity index (χ1v) is 7.73. The van der Waals surface area contributed by atoms with Crippen molar-refractivity contribution in [2.45, 2.75) is 45.7 Å². The number of carbonyl (C=O) groups is 1. The number of rotatable bonds is 4. The summed E-state index contributed by atoms with van der Waals surface area (Å²) in [5, 5.41) is 3.38. The first kappa shape index (κ1) is 13.6. The van der Waals surface area contributed by atoms with Gasteiger partial charge in [-0.1, -0.05) is 18.2 Å². The number of aryl methyl sites for hydroxylation is 1. The lowest BCUT2D eigenvalue weighted by Gasteiger charge is -2.29. The van der Waals surface area contributed by atoms with Crippen molar-refractivity contribution in [1.29, 1.82) is 0 Å². The number of hydrogen-bond donors (Lipinski definition) is 1. The summed E-state index contributed by atoms with van der Waals surface area (Å²) in [5.74, 6) is 0.681. The van der Waals surface area contributed by atoms with E-state index in [1.54, 1.807) is 0 Å². The van der Waals surface area contributed by atoms with Crippen LogP contribution in [-0.2, 0) is 11.3 Å². The highest BCUT2D eigenvalue weighted by Crippen LogP contribution is 2.33. The van der Waals surface area contributed by atoms with Crippen LogP contribution in [0.25, 0.3) is 0 Å². The van der Waals surface area contributed by atoms with Gasteiger partial charge in [-0.25, -0.2) is 0 Å². The molecule has 3 heteroatoms. The van der Waals surface area contributed by atoms with Gasteiger partial charge < -0.3 is 10.2 Å². The van der Waals surface area contributed by atoms with Crippen molar-refractivity contribution < 1.29 is 4.79 Å². The van der Waals surface area contributed by atoms with E-state index in [0.717, 1.165) is 38.9 Å². The molecule has 2 aliphatic rings. The zero-order valence-corrected chi connectivity index (χ0v) is 12.5. The summed E-state index contributed by atoms with van der Waals surface area (Å²) in [4.78, 5) is 14.7. The molecule has 0 bridgehead atoms. The number of hydrogen-bond acceptors (Lipinski definition) is 2. The third kappa shape index (κ3) is 2.73. The lowest BCUT2D eigenvalue weighted by atomic mass is 10.0. The molecule has 1 N–H and O–H groups in total. The zero-order valence-electron chi connectivity index (χ0n) is 12.5. The molecular formula is C17H24N2O. The molecule has 1 aromatic rings. The van der Waals surface area contributed by atoms with Gasteiger partial charge in [0.2, 0.25) is 5.91 Å². The molecule has 1 atom stereocenters. The van der Waals surface area contributed by atoms with Crippen molar-refractivity contribution >= 4 is 5.91 Å². The van der Waals surface area contributed by atoms with E-state index >= 15 is 0 Å². The van der Waals surface area contributed by atoms with Gasteiger partial charge in [0.1, 0.15) is 0 Å². The molecule has 20 heavy (non-hydrogen) atoms. The highest BCUT2D eigenvalue weighted by Gasteiger charge is 2.37. The Morgan fingerprint density at radius 2 is 2.10 bits per heavy atom. The van der Waals surface area contributed by atoms with Gasteiger partial charge in [0.25, 0.3) is 0 Å². The second-order valence-electron chi connectivity index (χ2n) is 6.25. The van der Waals surface area contributed by atoms with Crippen LogP contribution in [0.2, 0.25) is 0 Å². The predicted octanol–water partition coefficient (Wildman–Crippen LogP) is 2.40. The van der Waals surface area contributed by atoms with Gasteiger partial charge in [-0.3, -0.25) is 4.79 Å². The summed E-state index contributed by atoms with van der Waals surface area (Å²) in [6.07, 6.45) is 3.26. The molecule has 0 unspecified atom stereocenters. The van der Waals surface area contributed by atoms with Crippen LogP contribution in [0.15, 0.2) is 18.2 Å². The van der Waals surface area contributed by atoms with Gasteiger partial charge in [0, 0.05) is 25.0 Å². The molecule has 1 aliphatic carbocycles. The van der Waals surface area contributed by atoms with Crippen LogP contribution in [0, 0.1) is 19.8 Å². The fourth-order valence-corrected chi connectivity index (χ4v) is 3.02. The summed E-state index contributed by atoms with van der Waals surface area (Å²) in [5.41, 5.74) is 3.93. The lowest BCUT2D eigenvalue weighted by molar-refractivity contribution is -0.135. The standard InChI is InChI=1S/C17H24N2O/c1-12-4-3-5-15(13(12)2)11-19(16-8-9-18-10-16)17(20)14-6-7-14/h3-5,14,16,18H,6-11H2,1-2H3/t16-/m0/s1. The van der Waals surface area contributed by atoms with E-state index in [4.69, 9.17) is 0 Å². The van der Waals surface area contributed by atoms with Crippen LogP contribution in [0.5, 0.6) is 0 Å². The van der Waals surface area contributed by atoms with Gasteiger partial charge in [-0.05, 0) is 56.3 Å². The van der Waals surface area contributed by atoms with Crippen LogP contribution >= 0.6 is 0 Å². The normalized spacial score (nSPS) is 22.0. The summed E-state index contributed by atoms with van der Waals surface area (Å²) in [7, 11) is 0. The van der Waals surface area contributed by atoms with Crippen molar-refractivity contribution in [3.05, 3.63) is 34.9 Å². The Bertz CT molecular complexity index is 502. The third-order valence-corrected chi connectivity index (χ3v) is 4.74. The molecule has 3 rings (SSSR count). The van der Waals surface area contributed by atoms with Gasteiger partial charge in [0.05, 0.1) is 0 Å². The van der Waals surface area contributed by atoms with Gasteiger partial charge in [-0.2, -0.15) is 0 Å². The average molecular weight is 272 g/mol. The maximum absolute atomic E-state index is 12.6. The molecular weight excluding hydrogens is 248 g/mol. The van der Waals surface area contributed by atoms with Crippen molar-refractivity contribution in [3.8, 4) is 0 Å². The van der Waals surface area contributed by atoms with Crippen LogP contribution in [0.3, 0.4) is 0 Å². The smallest absolute Gasteiger partial charge is 0.226 e. The number of nitrogens with zero attached hydrogens (tertiary/aromatic N) is 1. The maximum atomic E-state index is 12.6. The number of carbonyl (C=O) groups excluding carboxylic acids is 1. The second kappa shape index (κ2) is 5.57. The van der Waals surface area contributed by atoms with Crippen molar-refractivity contribution in [2.75, 3.05) is 13.1 Å². The molecule has 3 nitrogen and oxygen atoms in total. The monoisotopic (exact) mass is 272 g/mol. The van der Waals surface area contributed by atoms with E-state index in [-0.39, 0.29) is 0 Å². The SMILES string of the molecule is Cc1cccc(CN(C(=O)C2CC2)[C@H]2CCNC2)c1C. The number of amides is 1. The topological polar surface area (TPSA) is 32.3 Å². The molecule has 1 heterocycles. The van der Waals surface area contributed by atoms with Crippen molar-refractivity contribution in [2.24, 2.45) is 5.92 Å². The molecule has 1 saturated heterocycles. The maximum Gasteiger partial charge on any atom is 0.226 e. The van der Waals surface area contributed by atoms with Crippen LogP contribution in [0.1, 0.15) is 36.0 Å². The van der Waals surface area contributed by atoms with E-state index in [1.807, 2.05) is 0 Å². The highest BCUT2D eigenvalue weighted by molar-refractivity contribution is 5.81. The minimum absolute atomic E-state index is 0.306. The van der Waals surface area contributed by atoms with Gasteiger partial charge >= 0.3 is 0 Å². The quantitative estimate of drug-likeness (QED) is 0.913. The molecule has 1 saturated carbocycles. The molecule has 0 radical (unpaired) electrons. The van der Waals surface area contributed by atoms with Gasteiger partial charge in [-0.15, -0.1) is 0 Å². The molecule has 108 valence electrons. The largest absolute Gasteiger partial charge is 0.334 e. The van der Waals surface area contributed by atoms with E-state index in [0.29, 0.717) is 17.9 Å². The first-order valence-electron chi connectivity index (χ1n) is 7.73. The predicted molar refractivity (Wildman–Crippen MR) is 80.5 cm³/mol. The summed E-state index contributed by atoms with van der Waals surface area (Å²) < 4.78 is 0. The van der Waals surface area contributed by atoms with E-state index < -0.39 is 0 Å². The molecule has 1 aromatic carbocycles. The Morgan fingerprint density at radius 1 is 1.30 bits per heavy atom. The Hall–Kier alpha value is -1.35. The van der Waals surface area contributed by atoms with E-state index in [9.17, 15) is 4.79 Å². The molecule has 0 spiro atoms. The Labute approximate surface area is 121 Å². The molecule has 1 aliphatic heterocycles. The van der Waals surface area contributed by atoms with E-state index in [1.165, 1.54) is 16.7 Å². The highest BCUT2D eigenvalue weighted by atomic mass is 16.2. The van der Waals surface area contributed by atoms with Crippen LogP contribution in [0.4, 0.5) is 0 Å². The summed E-state index contributed by atoms with van der Waals surface area (Å²) >= 11 is 0. The van der Waals surface area contributed by atoms with Crippen molar-refractivity contribution in [3.63, 3.8) is 0 Å². The van der Waals surface area contributed by atoms with Crippen LogP contribution < -0.4 is 5.32 Å². The van der Waals surface area contributed by atoms with E-state index in [2.05, 4.69) is 42.3 Å². The third-order valence-electron chi connectivity index (χ3n) is 4.74. The Balaban J connectivity index is 1.81. The molecule has 2 fully saturated rings. The second-order valence-corrected chi connectivity index (χ2v) is 6.25. The average Bonchev–Trinajstić information content (AvgIpc) is 3.16. The number of benzene rings is 1. The summed E-state index contributed by atoms with van der Waals surface area (Å²) in [6.45, 7) is 7.06. The number of nitrogens with one attached hydrogen (secondary N) is 1. The van der Waals surface area contributed by atoms with Gasteiger partial charge in [0.15, 0.2) is 0 Å².